The third kappa shape index (κ3) is 3.05. The lowest BCUT2D eigenvalue weighted by molar-refractivity contribution is -0.388. The van der Waals surface area contributed by atoms with Crippen molar-refractivity contribution in [3.63, 3.8) is 0 Å². The van der Waals surface area contributed by atoms with Crippen LogP contribution in [0.5, 0.6) is 5.75 Å². The number of rotatable bonds is 5. The highest BCUT2D eigenvalue weighted by molar-refractivity contribution is 5.47. The fraction of sp³-hybridized carbons (Fsp3) is 0.273. The van der Waals surface area contributed by atoms with Gasteiger partial charge >= 0.3 is 5.69 Å². The summed E-state index contributed by atoms with van der Waals surface area (Å²) in [5.74, 6) is -0.941. The van der Waals surface area contributed by atoms with Crippen LogP contribution in [0, 0.1) is 15.9 Å². The molecule has 1 aromatic carbocycles. The zero-order valence-corrected chi connectivity index (χ0v) is 8.90. The van der Waals surface area contributed by atoms with Gasteiger partial charge in [-0.05, 0) is 19.1 Å². The number of halogens is 1. The second-order valence-corrected chi connectivity index (χ2v) is 3.40. The van der Waals surface area contributed by atoms with Crippen molar-refractivity contribution in [2.24, 2.45) is 0 Å². The van der Waals surface area contributed by atoms with Crippen molar-refractivity contribution >= 4 is 5.69 Å². The van der Waals surface area contributed by atoms with Crippen LogP contribution in [0.4, 0.5) is 10.1 Å². The summed E-state index contributed by atoms with van der Waals surface area (Å²) in [5, 5.41) is 10.6. The highest BCUT2D eigenvalue weighted by Crippen LogP contribution is 2.29. The standard InChI is InChI=1S/C11H12FNO3/c1-8(2)6-7-16-10-5-3-4-9(12)11(10)13(14)15/h3-5H,1,6-7H2,2H3. The Morgan fingerprint density at radius 3 is 2.88 bits per heavy atom. The minimum absolute atomic E-state index is 0.0498. The fourth-order valence-electron chi connectivity index (χ4n) is 1.12. The average molecular weight is 225 g/mol. The van der Waals surface area contributed by atoms with Crippen LogP contribution < -0.4 is 4.74 Å². The summed E-state index contributed by atoms with van der Waals surface area (Å²) < 4.78 is 18.3. The Bertz CT molecular complexity index is 418. The fourth-order valence-corrected chi connectivity index (χ4v) is 1.12. The molecule has 0 heterocycles. The number of nitrogens with zero attached hydrogens (tertiary/aromatic N) is 1. The maximum Gasteiger partial charge on any atom is 0.346 e. The first-order valence-corrected chi connectivity index (χ1v) is 4.72. The molecule has 0 fully saturated rings. The summed E-state index contributed by atoms with van der Waals surface area (Å²) in [6.07, 6.45) is 0.577. The molecule has 0 atom stereocenters. The lowest BCUT2D eigenvalue weighted by Crippen LogP contribution is -2.02. The Hall–Kier alpha value is -1.91. The van der Waals surface area contributed by atoms with Gasteiger partial charge in [-0.2, -0.15) is 4.39 Å². The highest BCUT2D eigenvalue weighted by Gasteiger charge is 2.20. The number of hydrogen-bond acceptors (Lipinski definition) is 3. The largest absolute Gasteiger partial charge is 0.486 e. The first-order valence-electron chi connectivity index (χ1n) is 4.72. The zero-order valence-electron chi connectivity index (χ0n) is 8.90. The Kier molecular flexibility index (Phi) is 3.99. The predicted octanol–water partition coefficient (Wildman–Crippen LogP) is 3.08. The second kappa shape index (κ2) is 5.25. The lowest BCUT2D eigenvalue weighted by Gasteiger charge is -2.06. The molecule has 1 rings (SSSR count). The van der Waals surface area contributed by atoms with E-state index < -0.39 is 16.4 Å². The van der Waals surface area contributed by atoms with Gasteiger partial charge in [0.15, 0.2) is 5.75 Å². The zero-order chi connectivity index (χ0) is 12.1. The van der Waals surface area contributed by atoms with E-state index >= 15 is 0 Å². The first-order chi connectivity index (χ1) is 7.52. The number of para-hydroxylation sites is 1. The van der Waals surface area contributed by atoms with Crippen molar-refractivity contribution in [1.82, 2.24) is 0 Å². The summed E-state index contributed by atoms with van der Waals surface area (Å²) in [5.41, 5.74) is 0.281. The van der Waals surface area contributed by atoms with Crippen LogP contribution in [0.3, 0.4) is 0 Å². The van der Waals surface area contributed by atoms with Crippen LogP contribution in [-0.2, 0) is 0 Å². The number of hydrogen-bond donors (Lipinski definition) is 0. The summed E-state index contributed by atoms with van der Waals surface area (Å²) in [6, 6.07) is 3.78. The molecule has 0 aliphatic heterocycles. The van der Waals surface area contributed by atoms with Gasteiger partial charge in [0.05, 0.1) is 11.5 Å². The molecule has 0 radical (unpaired) electrons. The van der Waals surface area contributed by atoms with Gasteiger partial charge in [-0.1, -0.05) is 11.6 Å². The van der Waals surface area contributed by atoms with Gasteiger partial charge in [0.1, 0.15) is 0 Å². The summed E-state index contributed by atoms with van der Waals surface area (Å²) >= 11 is 0. The van der Waals surface area contributed by atoms with Crippen LogP contribution in [0.25, 0.3) is 0 Å². The minimum atomic E-state index is -0.891. The molecular formula is C11H12FNO3. The van der Waals surface area contributed by atoms with Crippen LogP contribution in [-0.4, -0.2) is 11.5 Å². The summed E-state index contributed by atoms with van der Waals surface area (Å²) in [7, 11) is 0. The van der Waals surface area contributed by atoms with Crippen LogP contribution in [0.15, 0.2) is 30.4 Å². The monoisotopic (exact) mass is 225 g/mol. The Morgan fingerprint density at radius 1 is 1.62 bits per heavy atom. The summed E-state index contributed by atoms with van der Waals surface area (Å²) in [6.45, 7) is 5.75. The van der Waals surface area contributed by atoms with Gasteiger partial charge in [-0.15, -0.1) is 6.58 Å². The molecule has 86 valence electrons. The molecule has 5 heteroatoms. The first kappa shape index (κ1) is 12.2. The van der Waals surface area contributed by atoms with Crippen molar-refractivity contribution in [3.05, 3.63) is 46.3 Å². The molecule has 0 unspecified atom stereocenters. The molecule has 0 aliphatic carbocycles. The Labute approximate surface area is 92.5 Å². The molecule has 0 spiro atoms. The topological polar surface area (TPSA) is 52.4 Å². The van der Waals surface area contributed by atoms with Crippen LogP contribution in [0.1, 0.15) is 13.3 Å². The molecule has 16 heavy (non-hydrogen) atoms. The Morgan fingerprint density at radius 2 is 2.31 bits per heavy atom. The van der Waals surface area contributed by atoms with Crippen molar-refractivity contribution in [2.45, 2.75) is 13.3 Å². The number of benzene rings is 1. The lowest BCUT2D eigenvalue weighted by atomic mass is 10.2. The van der Waals surface area contributed by atoms with E-state index in [9.17, 15) is 14.5 Å². The van der Waals surface area contributed by atoms with Gasteiger partial charge in [0.25, 0.3) is 0 Å². The Balaban J connectivity index is 2.83. The normalized spacial score (nSPS) is 9.88. The van der Waals surface area contributed by atoms with Crippen molar-refractivity contribution < 1.29 is 14.1 Å². The summed E-state index contributed by atoms with van der Waals surface area (Å²) in [4.78, 5) is 9.82. The quantitative estimate of drug-likeness (QED) is 0.439. The molecule has 4 nitrogen and oxygen atoms in total. The molecule has 0 saturated carbocycles. The maximum atomic E-state index is 13.1. The van der Waals surface area contributed by atoms with E-state index in [1.165, 1.54) is 12.1 Å². The smallest absolute Gasteiger partial charge is 0.346 e. The maximum absolute atomic E-state index is 13.1. The predicted molar refractivity (Wildman–Crippen MR) is 58.0 cm³/mol. The third-order valence-electron chi connectivity index (χ3n) is 1.92. The van der Waals surface area contributed by atoms with E-state index in [4.69, 9.17) is 4.74 Å². The molecule has 0 aliphatic rings. The molecular weight excluding hydrogens is 213 g/mol. The highest BCUT2D eigenvalue weighted by atomic mass is 19.1. The molecule has 0 saturated heterocycles. The van der Waals surface area contributed by atoms with Crippen LogP contribution >= 0.6 is 0 Å². The number of nitro benzene ring substituents is 1. The third-order valence-corrected chi connectivity index (χ3v) is 1.92. The van der Waals surface area contributed by atoms with Gasteiger partial charge in [0.2, 0.25) is 5.82 Å². The van der Waals surface area contributed by atoms with Gasteiger partial charge in [0, 0.05) is 6.42 Å². The van der Waals surface area contributed by atoms with E-state index in [-0.39, 0.29) is 12.4 Å². The van der Waals surface area contributed by atoms with E-state index in [2.05, 4.69) is 6.58 Å². The van der Waals surface area contributed by atoms with Crippen molar-refractivity contribution in [3.8, 4) is 5.75 Å². The van der Waals surface area contributed by atoms with Gasteiger partial charge < -0.3 is 4.74 Å². The molecule has 0 bridgehead atoms. The molecule has 1 aromatic rings. The van der Waals surface area contributed by atoms with E-state index in [1.54, 1.807) is 0 Å². The average Bonchev–Trinajstić information content (AvgIpc) is 2.16. The van der Waals surface area contributed by atoms with E-state index in [0.717, 1.165) is 11.6 Å². The van der Waals surface area contributed by atoms with E-state index in [0.29, 0.717) is 6.42 Å². The van der Waals surface area contributed by atoms with Crippen LogP contribution in [0.2, 0.25) is 0 Å². The van der Waals surface area contributed by atoms with Crippen molar-refractivity contribution in [2.75, 3.05) is 6.61 Å². The number of ether oxygens (including phenoxy) is 1. The molecule has 0 aromatic heterocycles. The molecule has 0 amide bonds. The SMILES string of the molecule is C=C(C)CCOc1cccc(F)c1[N+](=O)[O-]. The van der Waals surface area contributed by atoms with E-state index in [1.807, 2.05) is 6.92 Å². The van der Waals surface area contributed by atoms with Crippen molar-refractivity contribution in [1.29, 1.82) is 0 Å². The van der Waals surface area contributed by atoms with Gasteiger partial charge in [-0.25, -0.2) is 0 Å². The minimum Gasteiger partial charge on any atom is -0.486 e. The second-order valence-electron chi connectivity index (χ2n) is 3.40. The number of nitro groups is 1. The van der Waals surface area contributed by atoms with Gasteiger partial charge in [-0.3, -0.25) is 10.1 Å². The molecule has 0 N–H and O–H groups in total.